The Labute approximate surface area is 298 Å². The topological polar surface area (TPSA) is 116 Å². The summed E-state index contributed by atoms with van der Waals surface area (Å²) in [7, 11) is 5.69. The zero-order valence-corrected chi connectivity index (χ0v) is 29.7. The van der Waals surface area contributed by atoms with Crippen LogP contribution in [0.5, 0.6) is 0 Å². The van der Waals surface area contributed by atoms with Gasteiger partial charge in [-0.1, -0.05) is 34.5 Å². The molecule has 14 heteroatoms. The van der Waals surface area contributed by atoms with Crippen molar-refractivity contribution < 1.29 is 13.9 Å². The summed E-state index contributed by atoms with van der Waals surface area (Å²) >= 11 is 14.4. The quantitative estimate of drug-likeness (QED) is 0.168. The molecule has 11 nitrogen and oxygen atoms in total. The number of anilines is 1. The Kier molecular flexibility index (Phi) is 9.11. The average molecular weight is 717 g/mol. The highest BCUT2D eigenvalue weighted by molar-refractivity contribution is 6.44. The van der Waals surface area contributed by atoms with Gasteiger partial charge in [0.05, 0.1) is 51.8 Å². The van der Waals surface area contributed by atoms with Crippen molar-refractivity contribution in [2.24, 2.45) is 0 Å². The van der Waals surface area contributed by atoms with Crippen LogP contribution in [0.2, 0.25) is 10.0 Å². The number of likely N-dealkylation sites (N-methyl/N-ethyl adjacent to an activating group) is 1. The van der Waals surface area contributed by atoms with Crippen LogP contribution in [-0.4, -0.2) is 99.7 Å². The SMILES string of the molecule is COC/C=C/C(=O)N1CC[C@H](n2nnc3c(N4CC(C)(N(C)C)C4)nc4c(Cl)c(-c5ccc(F)c6cccnc56)c(Cl)cc4c32)C[C@H]1CC#N. The second kappa shape index (κ2) is 13.4. The first kappa shape index (κ1) is 34.1. The van der Waals surface area contributed by atoms with Gasteiger partial charge in [0.1, 0.15) is 11.3 Å². The molecule has 7 rings (SSSR count). The Hall–Kier alpha value is -4.41. The van der Waals surface area contributed by atoms with Crippen molar-refractivity contribution in [2.45, 2.75) is 43.8 Å². The van der Waals surface area contributed by atoms with Crippen molar-refractivity contribution in [3.8, 4) is 17.2 Å². The number of rotatable bonds is 8. The van der Waals surface area contributed by atoms with Gasteiger partial charge in [-0.2, -0.15) is 5.26 Å². The molecule has 0 spiro atoms. The maximum Gasteiger partial charge on any atom is 0.246 e. The van der Waals surface area contributed by atoms with Crippen molar-refractivity contribution in [2.75, 3.05) is 52.3 Å². The summed E-state index contributed by atoms with van der Waals surface area (Å²) in [5, 5.41) is 20.8. The van der Waals surface area contributed by atoms with Gasteiger partial charge in [-0.15, -0.1) is 5.10 Å². The van der Waals surface area contributed by atoms with Crippen LogP contribution in [0.4, 0.5) is 10.2 Å². The lowest BCUT2D eigenvalue weighted by Gasteiger charge is -2.52. The van der Waals surface area contributed by atoms with Crippen molar-refractivity contribution in [3.63, 3.8) is 0 Å². The van der Waals surface area contributed by atoms with Gasteiger partial charge >= 0.3 is 0 Å². The molecule has 0 bridgehead atoms. The van der Waals surface area contributed by atoms with Gasteiger partial charge in [-0.25, -0.2) is 14.1 Å². The number of benzene rings is 2. The molecule has 3 aromatic heterocycles. The third kappa shape index (κ3) is 5.72. The van der Waals surface area contributed by atoms with E-state index in [9.17, 15) is 14.4 Å². The number of pyridine rings is 2. The molecule has 5 aromatic rings. The van der Waals surface area contributed by atoms with Crippen LogP contribution in [0.3, 0.4) is 0 Å². The molecule has 2 fully saturated rings. The normalized spacial score (nSPS) is 19.2. The summed E-state index contributed by atoms with van der Waals surface area (Å²) in [5.41, 5.74) is 3.32. The molecule has 0 radical (unpaired) electrons. The number of carbonyl (C=O) groups excluding carboxylic acids is 1. The number of amides is 1. The summed E-state index contributed by atoms with van der Waals surface area (Å²) < 4.78 is 21.8. The second-order valence-electron chi connectivity index (χ2n) is 13.4. The predicted molar refractivity (Wildman–Crippen MR) is 193 cm³/mol. The molecule has 1 amide bonds. The lowest BCUT2D eigenvalue weighted by Crippen LogP contribution is -2.67. The van der Waals surface area contributed by atoms with Crippen molar-refractivity contribution in [1.29, 1.82) is 5.26 Å². The maximum atomic E-state index is 14.8. The van der Waals surface area contributed by atoms with Crippen LogP contribution in [0, 0.1) is 17.1 Å². The van der Waals surface area contributed by atoms with Crippen molar-refractivity contribution in [3.05, 3.63) is 64.5 Å². The fourth-order valence-electron chi connectivity index (χ4n) is 7.21. The molecule has 0 unspecified atom stereocenters. The first-order chi connectivity index (χ1) is 24.1. The van der Waals surface area contributed by atoms with E-state index in [4.69, 9.17) is 43.2 Å². The minimum absolute atomic E-state index is 0.0613. The molecule has 0 saturated carbocycles. The molecule has 2 aromatic carbocycles. The number of nitrogens with zero attached hydrogens (tertiary/aromatic N) is 9. The minimum Gasteiger partial charge on any atom is -0.381 e. The number of hydrogen-bond acceptors (Lipinski definition) is 9. The summed E-state index contributed by atoms with van der Waals surface area (Å²) in [6.45, 7) is 4.39. The van der Waals surface area contributed by atoms with E-state index in [1.807, 2.05) is 10.7 Å². The van der Waals surface area contributed by atoms with Gasteiger partial charge < -0.3 is 19.4 Å². The van der Waals surface area contributed by atoms with Crippen molar-refractivity contribution >= 4 is 67.8 Å². The number of likely N-dealkylation sites (tertiary alicyclic amines) is 1. The Morgan fingerprint density at radius 2 is 2.00 bits per heavy atom. The van der Waals surface area contributed by atoms with Crippen LogP contribution in [-0.2, 0) is 9.53 Å². The molecule has 50 heavy (non-hydrogen) atoms. The molecule has 258 valence electrons. The smallest absolute Gasteiger partial charge is 0.246 e. The third-order valence-corrected chi connectivity index (χ3v) is 10.8. The van der Waals surface area contributed by atoms with Crippen molar-refractivity contribution in [1.82, 2.24) is 34.8 Å². The summed E-state index contributed by atoms with van der Waals surface area (Å²) in [6.07, 6.45) is 6.06. The van der Waals surface area contributed by atoms with E-state index in [0.29, 0.717) is 93.4 Å². The monoisotopic (exact) mass is 715 g/mol. The van der Waals surface area contributed by atoms with Crippen LogP contribution >= 0.6 is 23.2 Å². The molecule has 2 aliphatic rings. The summed E-state index contributed by atoms with van der Waals surface area (Å²) in [5.74, 6) is 0.105. The van der Waals surface area contributed by atoms with Gasteiger partial charge in [0.15, 0.2) is 11.3 Å². The summed E-state index contributed by atoms with van der Waals surface area (Å²) in [6, 6.07) is 9.98. The van der Waals surface area contributed by atoms with Gasteiger partial charge in [0.2, 0.25) is 5.91 Å². The van der Waals surface area contributed by atoms with Crippen LogP contribution < -0.4 is 4.90 Å². The van der Waals surface area contributed by atoms with Gasteiger partial charge in [0.25, 0.3) is 0 Å². The predicted octanol–water partition coefficient (Wildman–Crippen LogP) is 6.43. The first-order valence-corrected chi connectivity index (χ1v) is 17.2. The van der Waals surface area contributed by atoms with E-state index in [-0.39, 0.29) is 30.0 Å². The molecule has 2 atom stereocenters. The first-order valence-electron chi connectivity index (χ1n) is 16.4. The van der Waals surface area contributed by atoms with Gasteiger partial charge in [-0.05, 0) is 64.2 Å². The molecular formula is C36H36Cl2FN9O2. The van der Waals surface area contributed by atoms with Crippen LogP contribution in [0.25, 0.3) is 44.0 Å². The summed E-state index contributed by atoms with van der Waals surface area (Å²) in [4.78, 5) is 28.8. The number of aromatic nitrogens is 5. The number of ether oxygens (including phenoxy) is 1. The van der Waals surface area contributed by atoms with E-state index in [1.54, 1.807) is 42.5 Å². The number of methoxy groups -OCH3 is 1. The molecular weight excluding hydrogens is 680 g/mol. The molecule has 5 heterocycles. The number of nitriles is 1. The number of fused-ring (bicyclic) bond motifs is 4. The highest BCUT2D eigenvalue weighted by atomic mass is 35.5. The van der Waals surface area contributed by atoms with Gasteiger partial charge in [0, 0.05) is 67.0 Å². The van der Waals surface area contributed by atoms with Crippen LogP contribution in [0.15, 0.2) is 48.7 Å². The maximum absolute atomic E-state index is 14.8. The average Bonchev–Trinajstić information content (AvgIpc) is 3.54. The number of hydrogen-bond donors (Lipinski definition) is 0. The zero-order valence-electron chi connectivity index (χ0n) is 28.2. The van der Waals surface area contributed by atoms with E-state index in [1.165, 1.54) is 12.1 Å². The highest BCUT2D eigenvalue weighted by Gasteiger charge is 2.43. The Morgan fingerprint density at radius 1 is 1.20 bits per heavy atom. The fraction of sp³-hybridized carbons (Fsp3) is 0.389. The highest BCUT2D eigenvalue weighted by Crippen LogP contribution is 2.46. The van der Waals surface area contributed by atoms with E-state index < -0.39 is 5.82 Å². The largest absolute Gasteiger partial charge is 0.381 e. The molecule has 0 N–H and O–H groups in total. The fourth-order valence-corrected chi connectivity index (χ4v) is 7.91. The lowest BCUT2D eigenvalue weighted by molar-refractivity contribution is -0.130. The number of piperidine rings is 1. The molecule has 2 aliphatic heterocycles. The standard InChI is InChI=1S/C36H36Cl2FN9O2/c1-36(45(2)3)19-46(20-36)35-33-34(48(44-43-33)22-12-15-47(21(17-22)11-13-40)28(49)8-6-16-50-4)25-18-26(37)29(30(38)32(25)42-35)24-9-10-27(39)23-7-5-14-41-31(23)24/h5-10,14,18,21-22H,11-12,15-17,19-20H2,1-4H3/b8-6+/t21-,22+/m1/s1. The number of halogens is 3. The van der Waals surface area contributed by atoms with Crippen LogP contribution in [0.1, 0.15) is 32.2 Å². The minimum atomic E-state index is -0.392. The molecule has 0 aliphatic carbocycles. The van der Waals surface area contributed by atoms with Gasteiger partial charge in [-0.3, -0.25) is 9.78 Å². The molecule has 2 saturated heterocycles. The van der Waals surface area contributed by atoms with E-state index >= 15 is 0 Å². The Balaban J connectivity index is 1.39. The lowest BCUT2D eigenvalue weighted by atomic mass is 9.90. The second-order valence-corrected chi connectivity index (χ2v) is 14.2. The Bertz CT molecular complexity index is 2210. The van der Waals surface area contributed by atoms with E-state index in [2.05, 4.69) is 41.9 Å². The zero-order chi connectivity index (χ0) is 35.3. The Morgan fingerprint density at radius 3 is 2.74 bits per heavy atom. The van der Waals surface area contributed by atoms with E-state index in [0.717, 1.165) is 5.52 Å². The number of carbonyl (C=O) groups is 1. The third-order valence-electron chi connectivity index (χ3n) is 10.2.